The van der Waals surface area contributed by atoms with Gasteiger partial charge < -0.3 is 5.32 Å². The van der Waals surface area contributed by atoms with Crippen molar-refractivity contribution in [3.8, 4) is 0 Å². The van der Waals surface area contributed by atoms with Gasteiger partial charge in [-0.3, -0.25) is 4.98 Å². The van der Waals surface area contributed by atoms with Crippen molar-refractivity contribution in [3.63, 3.8) is 0 Å². The van der Waals surface area contributed by atoms with Crippen LogP contribution in [0.1, 0.15) is 57.8 Å². The molecule has 17 heavy (non-hydrogen) atoms. The lowest BCUT2D eigenvalue weighted by molar-refractivity contribution is 0.333. The Morgan fingerprint density at radius 1 is 1.29 bits per heavy atom. The predicted molar refractivity (Wildman–Crippen MR) is 74.1 cm³/mol. The molecule has 96 valence electrons. The summed E-state index contributed by atoms with van der Waals surface area (Å²) >= 11 is 0. The van der Waals surface area contributed by atoms with Gasteiger partial charge in [0, 0.05) is 17.9 Å². The van der Waals surface area contributed by atoms with Crippen molar-refractivity contribution in [1.29, 1.82) is 0 Å². The van der Waals surface area contributed by atoms with Crippen LogP contribution >= 0.6 is 0 Å². The van der Waals surface area contributed by atoms with Crippen molar-refractivity contribution in [2.24, 2.45) is 5.41 Å². The monoisotopic (exact) mass is 234 g/mol. The molecule has 0 bridgehead atoms. The summed E-state index contributed by atoms with van der Waals surface area (Å²) in [6.07, 6.45) is 4.39. The Balaban J connectivity index is 2.68. The van der Waals surface area contributed by atoms with Crippen molar-refractivity contribution >= 4 is 0 Å². The van der Waals surface area contributed by atoms with Gasteiger partial charge in [-0.15, -0.1) is 0 Å². The first kappa shape index (κ1) is 14.2. The first-order valence-electron chi connectivity index (χ1n) is 6.58. The fraction of sp³-hybridized carbons (Fsp3) is 0.667. The second-order valence-corrected chi connectivity index (χ2v) is 5.94. The summed E-state index contributed by atoms with van der Waals surface area (Å²) in [6, 6.07) is 4.72. The predicted octanol–water partition coefficient (Wildman–Crippen LogP) is 3.87. The van der Waals surface area contributed by atoms with Crippen molar-refractivity contribution in [2.45, 2.75) is 53.5 Å². The highest BCUT2D eigenvalue weighted by Crippen LogP contribution is 2.27. The van der Waals surface area contributed by atoms with E-state index in [0.717, 1.165) is 12.2 Å². The van der Waals surface area contributed by atoms with Crippen LogP contribution in [-0.2, 0) is 0 Å². The maximum absolute atomic E-state index is 4.39. The molecule has 0 fully saturated rings. The van der Waals surface area contributed by atoms with Crippen LogP contribution in [0.3, 0.4) is 0 Å². The molecule has 1 aromatic rings. The van der Waals surface area contributed by atoms with Crippen molar-refractivity contribution in [1.82, 2.24) is 10.3 Å². The number of pyridine rings is 1. The Morgan fingerprint density at radius 2 is 2.00 bits per heavy atom. The van der Waals surface area contributed by atoms with Crippen molar-refractivity contribution in [3.05, 3.63) is 29.6 Å². The summed E-state index contributed by atoms with van der Waals surface area (Å²) in [6.45, 7) is 12.1. The molecule has 0 saturated heterocycles. The van der Waals surface area contributed by atoms with Crippen LogP contribution in [0.2, 0.25) is 0 Å². The number of hydrogen-bond acceptors (Lipinski definition) is 2. The fourth-order valence-corrected chi connectivity index (χ4v) is 1.90. The first-order chi connectivity index (χ1) is 7.92. The van der Waals surface area contributed by atoms with Crippen LogP contribution in [0.15, 0.2) is 18.3 Å². The van der Waals surface area contributed by atoms with Crippen LogP contribution in [0.25, 0.3) is 0 Å². The third kappa shape index (κ3) is 5.31. The second kappa shape index (κ2) is 6.15. The van der Waals surface area contributed by atoms with E-state index in [-0.39, 0.29) is 0 Å². The maximum atomic E-state index is 4.39. The first-order valence-corrected chi connectivity index (χ1v) is 6.58. The highest BCUT2D eigenvalue weighted by Gasteiger charge is 2.16. The van der Waals surface area contributed by atoms with Crippen molar-refractivity contribution < 1.29 is 0 Å². The summed E-state index contributed by atoms with van der Waals surface area (Å²) in [5.41, 5.74) is 2.78. The molecule has 0 aliphatic rings. The molecule has 0 radical (unpaired) electrons. The normalized spacial score (nSPS) is 13.7. The molecule has 1 N–H and O–H groups in total. The third-order valence-corrected chi connectivity index (χ3v) is 2.97. The molecule has 0 saturated carbocycles. The minimum atomic E-state index is 0.395. The molecule has 2 heteroatoms. The van der Waals surface area contributed by atoms with Gasteiger partial charge in [0.05, 0.1) is 0 Å². The second-order valence-electron chi connectivity index (χ2n) is 5.94. The molecule has 1 aromatic heterocycles. The number of aryl methyl sites for hydroxylation is 1. The van der Waals surface area contributed by atoms with Gasteiger partial charge in [-0.2, -0.15) is 0 Å². The lowest BCUT2D eigenvalue weighted by Crippen LogP contribution is -2.22. The molecule has 2 nitrogen and oxygen atoms in total. The van der Waals surface area contributed by atoms with E-state index in [0.29, 0.717) is 11.5 Å². The summed E-state index contributed by atoms with van der Waals surface area (Å²) in [5, 5.41) is 3.55. The summed E-state index contributed by atoms with van der Waals surface area (Å²) in [5.74, 6) is 0. The van der Waals surface area contributed by atoms with E-state index in [4.69, 9.17) is 0 Å². The van der Waals surface area contributed by atoms with E-state index < -0.39 is 0 Å². The lowest BCUT2D eigenvalue weighted by atomic mass is 9.87. The van der Waals surface area contributed by atoms with E-state index in [9.17, 15) is 0 Å². The average molecular weight is 234 g/mol. The minimum absolute atomic E-state index is 0.395. The molecule has 1 rings (SSSR count). The smallest absolute Gasteiger partial charge is 0.0372 e. The van der Waals surface area contributed by atoms with Crippen LogP contribution in [0.4, 0.5) is 0 Å². The molecule has 0 aromatic carbocycles. The molecular weight excluding hydrogens is 208 g/mol. The van der Waals surface area contributed by atoms with E-state index in [1.54, 1.807) is 0 Å². The molecule has 1 heterocycles. The molecule has 0 spiro atoms. The molecular formula is C15H26N2. The van der Waals surface area contributed by atoms with Gasteiger partial charge in [-0.25, -0.2) is 0 Å². The Labute approximate surface area is 106 Å². The van der Waals surface area contributed by atoms with E-state index in [1.807, 2.05) is 13.1 Å². The Bertz CT molecular complexity index is 322. The Hall–Kier alpha value is -0.890. The lowest BCUT2D eigenvalue weighted by Gasteiger charge is -2.24. The number of aromatic nitrogens is 1. The van der Waals surface area contributed by atoms with Gasteiger partial charge in [0.25, 0.3) is 0 Å². The quantitative estimate of drug-likeness (QED) is 0.836. The topological polar surface area (TPSA) is 24.9 Å². The van der Waals surface area contributed by atoms with Gasteiger partial charge in [0.2, 0.25) is 0 Å². The summed E-state index contributed by atoms with van der Waals surface area (Å²) in [7, 11) is 0. The van der Waals surface area contributed by atoms with E-state index >= 15 is 0 Å². The highest BCUT2D eigenvalue weighted by atomic mass is 14.9. The maximum Gasteiger partial charge on any atom is 0.0372 e. The SMILES string of the molecule is CCNC(CCC(C)(C)C)c1ccc(C)nc1. The van der Waals surface area contributed by atoms with Crippen molar-refractivity contribution in [2.75, 3.05) is 6.54 Å². The summed E-state index contributed by atoms with van der Waals surface area (Å²) < 4.78 is 0. The van der Waals surface area contributed by atoms with Gasteiger partial charge in [-0.05, 0) is 43.4 Å². The highest BCUT2D eigenvalue weighted by molar-refractivity contribution is 5.17. The summed E-state index contributed by atoms with van der Waals surface area (Å²) in [4.78, 5) is 4.39. The number of nitrogens with zero attached hydrogens (tertiary/aromatic N) is 1. The van der Waals surface area contributed by atoms with Crippen LogP contribution < -0.4 is 5.32 Å². The Morgan fingerprint density at radius 3 is 2.47 bits per heavy atom. The zero-order valence-corrected chi connectivity index (χ0v) is 11.9. The molecule has 0 aliphatic heterocycles. The van der Waals surface area contributed by atoms with E-state index in [2.05, 4.69) is 50.1 Å². The van der Waals surface area contributed by atoms with Gasteiger partial charge in [0.1, 0.15) is 0 Å². The van der Waals surface area contributed by atoms with Crippen LogP contribution in [0.5, 0.6) is 0 Å². The minimum Gasteiger partial charge on any atom is -0.310 e. The molecule has 1 atom stereocenters. The largest absolute Gasteiger partial charge is 0.310 e. The average Bonchev–Trinajstić information content (AvgIpc) is 2.24. The zero-order valence-electron chi connectivity index (χ0n) is 11.9. The molecule has 0 amide bonds. The third-order valence-electron chi connectivity index (χ3n) is 2.97. The van der Waals surface area contributed by atoms with Gasteiger partial charge in [0.15, 0.2) is 0 Å². The number of rotatable bonds is 5. The zero-order chi connectivity index (χ0) is 12.9. The van der Waals surface area contributed by atoms with E-state index in [1.165, 1.54) is 18.4 Å². The Kier molecular flexibility index (Phi) is 5.13. The standard InChI is InChI=1S/C15H26N2/c1-6-16-14(9-10-15(3,4)5)13-8-7-12(2)17-11-13/h7-8,11,14,16H,6,9-10H2,1-5H3. The fourth-order valence-electron chi connectivity index (χ4n) is 1.90. The van der Waals surface area contributed by atoms with Gasteiger partial charge >= 0.3 is 0 Å². The van der Waals surface area contributed by atoms with Gasteiger partial charge in [-0.1, -0.05) is 33.8 Å². The number of nitrogens with one attached hydrogen (secondary N) is 1. The van der Waals surface area contributed by atoms with Crippen LogP contribution in [0, 0.1) is 12.3 Å². The molecule has 1 unspecified atom stereocenters. The molecule has 0 aliphatic carbocycles. The van der Waals surface area contributed by atoms with Crippen LogP contribution in [-0.4, -0.2) is 11.5 Å². The number of hydrogen-bond donors (Lipinski definition) is 1.